The summed E-state index contributed by atoms with van der Waals surface area (Å²) in [4.78, 5) is 29.6. The molecule has 1 aromatic heterocycles. The number of oxime groups is 1. The van der Waals surface area contributed by atoms with Crippen LogP contribution in [0.2, 0.25) is 4.34 Å². The molecule has 0 aliphatic rings. The third-order valence-electron chi connectivity index (χ3n) is 1.50. The minimum Gasteiger partial charge on any atom is -0.476 e. The van der Waals surface area contributed by atoms with Crippen molar-refractivity contribution in [2.24, 2.45) is 5.16 Å². The first-order valence-corrected chi connectivity index (χ1v) is 5.53. The quantitative estimate of drug-likeness (QED) is 0.265. The van der Waals surface area contributed by atoms with E-state index in [0.29, 0.717) is 6.41 Å². The van der Waals surface area contributed by atoms with E-state index in [2.05, 4.69) is 26.2 Å². The smallest absolute Gasteiger partial charge is 0.360 e. The molecule has 1 amide bonds. The molecule has 1 rings (SSSR count). The Morgan fingerprint density at radius 2 is 2.50 bits per heavy atom. The molecular formula is C9H6ClN3O4S. The van der Waals surface area contributed by atoms with Crippen molar-refractivity contribution in [3.8, 4) is 12.3 Å². The Morgan fingerprint density at radius 1 is 1.78 bits per heavy atom. The van der Waals surface area contributed by atoms with Gasteiger partial charge < -0.3 is 15.3 Å². The standard InChI is InChI=1S/C9H6ClN3O4S/c1-2-3-17-13-6(8(15)16)5-7(10)18-9(12-5)11-4-14/h1,4H,3H2,(H,15,16)(H,11,12,14)/b13-6-. The average Bonchev–Trinajstić information content (AvgIpc) is 2.66. The van der Waals surface area contributed by atoms with E-state index < -0.39 is 11.7 Å². The monoisotopic (exact) mass is 287 g/mol. The Labute approximate surface area is 110 Å². The van der Waals surface area contributed by atoms with Crippen LogP contribution < -0.4 is 5.32 Å². The first kappa shape index (κ1) is 14.0. The van der Waals surface area contributed by atoms with Gasteiger partial charge in [0.2, 0.25) is 12.1 Å². The highest BCUT2D eigenvalue weighted by Crippen LogP contribution is 2.28. The van der Waals surface area contributed by atoms with E-state index in [1.807, 2.05) is 0 Å². The number of aromatic nitrogens is 1. The van der Waals surface area contributed by atoms with E-state index in [1.54, 1.807) is 0 Å². The normalized spacial score (nSPS) is 10.6. The number of carboxylic acids is 1. The van der Waals surface area contributed by atoms with Gasteiger partial charge in [0.15, 0.2) is 11.7 Å². The van der Waals surface area contributed by atoms with Crippen LogP contribution in [0.4, 0.5) is 5.13 Å². The van der Waals surface area contributed by atoms with E-state index in [9.17, 15) is 9.59 Å². The topological polar surface area (TPSA) is 101 Å². The van der Waals surface area contributed by atoms with Gasteiger partial charge >= 0.3 is 5.97 Å². The zero-order valence-electron chi connectivity index (χ0n) is 8.71. The van der Waals surface area contributed by atoms with E-state index in [-0.39, 0.29) is 21.8 Å². The molecule has 94 valence electrons. The Bertz CT molecular complexity index is 534. The fraction of sp³-hybridized carbons (Fsp3) is 0.111. The Balaban J connectivity index is 3.06. The number of carbonyl (C=O) groups excluding carboxylic acids is 1. The van der Waals surface area contributed by atoms with Gasteiger partial charge in [-0.15, -0.1) is 6.42 Å². The highest BCUT2D eigenvalue weighted by molar-refractivity contribution is 7.20. The van der Waals surface area contributed by atoms with Crippen molar-refractivity contribution in [3.05, 3.63) is 10.0 Å². The van der Waals surface area contributed by atoms with Crippen LogP contribution in [0.25, 0.3) is 0 Å². The first-order chi connectivity index (χ1) is 8.60. The Morgan fingerprint density at radius 3 is 3.06 bits per heavy atom. The number of nitrogens with one attached hydrogen (secondary N) is 1. The number of nitrogens with zero attached hydrogens (tertiary/aromatic N) is 2. The van der Waals surface area contributed by atoms with E-state index in [0.717, 1.165) is 11.3 Å². The number of halogens is 1. The lowest BCUT2D eigenvalue weighted by atomic mass is 10.3. The molecule has 9 heteroatoms. The molecule has 0 saturated carbocycles. The summed E-state index contributed by atoms with van der Waals surface area (Å²) < 4.78 is 0.0600. The number of hydrogen-bond donors (Lipinski definition) is 2. The Hall–Kier alpha value is -2.11. The van der Waals surface area contributed by atoms with Crippen LogP contribution in [0.1, 0.15) is 5.69 Å². The highest BCUT2D eigenvalue weighted by Gasteiger charge is 2.22. The second-order valence-electron chi connectivity index (χ2n) is 2.63. The van der Waals surface area contributed by atoms with Gasteiger partial charge in [-0.3, -0.25) is 4.79 Å². The summed E-state index contributed by atoms with van der Waals surface area (Å²) in [6, 6.07) is 0. The zero-order chi connectivity index (χ0) is 13.5. The molecule has 0 saturated heterocycles. The molecule has 7 nitrogen and oxygen atoms in total. The predicted molar refractivity (Wildman–Crippen MR) is 65.8 cm³/mol. The molecular weight excluding hydrogens is 282 g/mol. The Kier molecular flexibility index (Phi) is 5.10. The summed E-state index contributed by atoms with van der Waals surface area (Å²) in [5.41, 5.74) is -0.596. The number of carbonyl (C=O) groups is 2. The van der Waals surface area contributed by atoms with Crippen LogP contribution in [0, 0.1) is 12.3 Å². The molecule has 0 unspecified atom stereocenters. The van der Waals surface area contributed by atoms with Crippen LogP contribution in [0.3, 0.4) is 0 Å². The van der Waals surface area contributed by atoms with Crippen molar-refractivity contribution in [2.45, 2.75) is 0 Å². The van der Waals surface area contributed by atoms with Gasteiger partial charge in [-0.2, -0.15) is 0 Å². The lowest BCUT2D eigenvalue weighted by Gasteiger charge is -1.97. The molecule has 0 fully saturated rings. The van der Waals surface area contributed by atoms with Crippen LogP contribution in [-0.4, -0.2) is 34.8 Å². The van der Waals surface area contributed by atoms with Crippen molar-refractivity contribution in [2.75, 3.05) is 11.9 Å². The molecule has 1 aromatic rings. The van der Waals surface area contributed by atoms with Crippen LogP contribution in [-0.2, 0) is 14.4 Å². The number of hydrogen-bond acceptors (Lipinski definition) is 6. The summed E-state index contributed by atoms with van der Waals surface area (Å²) in [5, 5.41) is 14.7. The molecule has 0 aliphatic heterocycles. The summed E-state index contributed by atoms with van der Waals surface area (Å²) >= 11 is 6.69. The van der Waals surface area contributed by atoms with Gasteiger partial charge in [0.25, 0.3) is 0 Å². The molecule has 0 aliphatic carbocycles. The SMILES string of the molecule is C#CCO/N=C(\C(=O)O)c1nc(NC=O)sc1Cl. The number of thiazole rings is 1. The van der Waals surface area contributed by atoms with Crippen LogP contribution >= 0.6 is 22.9 Å². The number of rotatable bonds is 6. The van der Waals surface area contributed by atoms with Crippen molar-refractivity contribution in [3.63, 3.8) is 0 Å². The number of amides is 1. The first-order valence-electron chi connectivity index (χ1n) is 4.33. The van der Waals surface area contributed by atoms with E-state index in [4.69, 9.17) is 23.1 Å². The molecule has 0 radical (unpaired) electrons. The zero-order valence-corrected chi connectivity index (χ0v) is 10.3. The molecule has 2 N–H and O–H groups in total. The van der Waals surface area contributed by atoms with Crippen molar-refractivity contribution in [1.29, 1.82) is 0 Å². The van der Waals surface area contributed by atoms with Gasteiger partial charge in [-0.05, 0) is 0 Å². The second-order valence-corrected chi connectivity index (χ2v) is 4.23. The molecule has 1 heterocycles. The summed E-state index contributed by atoms with van der Waals surface area (Å²) in [6.07, 6.45) is 5.32. The van der Waals surface area contributed by atoms with Gasteiger partial charge in [0.1, 0.15) is 10.0 Å². The minimum absolute atomic E-state index is 0.0600. The second kappa shape index (κ2) is 6.58. The number of carboxylic acid groups (broad SMARTS) is 1. The van der Waals surface area contributed by atoms with Crippen LogP contribution in [0.5, 0.6) is 0 Å². The maximum Gasteiger partial charge on any atom is 0.360 e. The maximum atomic E-state index is 11.0. The molecule has 18 heavy (non-hydrogen) atoms. The minimum atomic E-state index is -1.38. The van der Waals surface area contributed by atoms with Crippen LogP contribution in [0.15, 0.2) is 5.16 Å². The lowest BCUT2D eigenvalue weighted by Crippen LogP contribution is -2.16. The maximum absolute atomic E-state index is 11.0. The van der Waals surface area contributed by atoms with Crippen molar-refractivity contribution >= 4 is 46.2 Å². The van der Waals surface area contributed by atoms with E-state index >= 15 is 0 Å². The van der Waals surface area contributed by atoms with Gasteiger partial charge in [0.05, 0.1) is 0 Å². The average molecular weight is 288 g/mol. The fourth-order valence-electron chi connectivity index (χ4n) is 0.877. The van der Waals surface area contributed by atoms with Gasteiger partial charge in [0, 0.05) is 0 Å². The summed E-state index contributed by atoms with van der Waals surface area (Å²) in [6.45, 7) is -0.183. The third-order valence-corrected chi connectivity index (χ3v) is 2.68. The highest BCUT2D eigenvalue weighted by atomic mass is 35.5. The largest absolute Gasteiger partial charge is 0.476 e. The molecule has 0 atom stereocenters. The van der Waals surface area contributed by atoms with Crippen molar-refractivity contribution in [1.82, 2.24) is 4.98 Å². The predicted octanol–water partition coefficient (Wildman–Crippen LogP) is 0.803. The van der Waals surface area contributed by atoms with Gasteiger partial charge in [-0.25, -0.2) is 9.78 Å². The molecule has 0 spiro atoms. The molecule has 0 bridgehead atoms. The number of terminal acetylenes is 1. The number of anilines is 1. The summed E-state index contributed by atoms with van der Waals surface area (Å²) in [7, 11) is 0. The molecule has 0 aromatic carbocycles. The fourth-order valence-corrected chi connectivity index (χ4v) is 1.88. The third kappa shape index (κ3) is 3.44. The summed E-state index contributed by atoms with van der Waals surface area (Å²) in [5.74, 6) is 0.744. The number of aliphatic carboxylic acids is 1. The van der Waals surface area contributed by atoms with E-state index in [1.165, 1.54) is 0 Å². The van der Waals surface area contributed by atoms with Crippen molar-refractivity contribution < 1.29 is 19.5 Å². The van der Waals surface area contributed by atoms with Gasteiger partial charge in [-0.1, -0.05) is 34.0 Å². The lowest BCUT2D eigenvalue weighted by molar-refractivity contribution is -0.129.